The first-order valence-corrected chi connectivity index (χ1v) is 7.26. The lowest BCUT2D eigenvalue weighted by molar-refractivity contribution is 0.0584. The molecule has 118 valence electrons. The van der Waals surface area contributed by atoms with Gasteiger partial charge in [-0.15, -0.1) is 0 Å². The fourth-order valence-electron chi connectivity index (χ4n) is 1.83. The van der Waals surface area contributed by atoms with Gasteiger partial charge in [-0.1, -0.05) is 34.8 Å². The Labute approximate surface area is 138 Å². The minimum Gasteiger partial charge on any atom is -0.464 e. The second-order valence-electron chi connectivity index (χ2n) is 4.47. The van der Waals surface area contributed by atoms with E-state index >= 15 is 0 Å². The third-order valence-corrected chi connectivity index (χ3v) is 3.49. The van der Waals surface area contributed by atoms with E-state index in [1.54, 1.807) is 11.7 Å². The van der Waals surface area contributed by atoms with Crippen LogP contribution >= 0.6 is 34.8 Å². The van der Waals surface area contributed by atoms with E-state index in [4.69, 9.17) is 44.3 Å². The van der Waals surface area contributed by atoms with Crippen molar-refractivity contribution >= 4 is 46.6 Å². The molecule has 0 N–H and O–H groups in total. The highest BCUT2D eigenvalue weighted by molar-refractivity contribution is 6.77. The molecule has 0 amide bonds. The maximum Gasteiger partial charge on any atom is 0.354 e. The number of esters is 1. The van der Waals surface area contributed by atoms with Crippen LogP contribution in [-0.4, -0.2) is 40.9 Å². The van der Waals surface area contributed by atoms with E-state index in [9.17, 15) is 9.59 Å². The largest absolute Gasteiger partial charge is 0.464 e. The third kappa shape index (κ3) is 4.61. The molecule has 0 spiro atoms. The zero-order valence-electron chi connectivity index (χ0n) is 11.9. The number of halogens is 3. The summed E-state index contributed by atoms with van der Waals surface area (Å²) in [6, 6.07) is 1.27. The van der Waals surface area contributed by atoms with Gasteiger partial charge in [0.1, 0.15) is 5.69 Å². The van der Waals surface area contributed by atoms with Crippen LogP contribution in [0.15, 0.2) is 12.3 Å². The number of carbonyl (C=O) groups excluding carboxylic acids is 2. The second kappa shape index (κ2) is 7.49. The zero-order chi connectivity index (χ0) is 16.2. The summed E-state index contributed by atoms with van der Waals surface area (Å²) in [6.07, 6.45) is 2.13. The van der Waals surface area contributed by atoms with Crippen molar-refractivity contribution in [3.63, 3.8) is 0 Å². The molecule has 0 radical (unpaired) electrons. The number of Topliss-reactive ketones (excluding diaryl/α,β-unsaturated/α-hetero) is 1. The van der Waals surface area contributed by atoms with E-state index in [2.05, 4.69) is 0 Å². The van der Waals surface area contributed by atoms with Crippen molar-refractivity contribution in [2.45, 2.75) is 23.2 Å². The summed E-state index contributed by atoms with van der Waals surface area (Å²) in [7, 11) is 2.84. The van der Waals surface area contributed by atoms with Crippen LogP contribution in [0.3, 0.4) is 0 Å². The number of rotatable bonds is 6. The van der Waals surface area contributed by atoms with Crippen LogP contribution in [0.25, 0.3) is 0 Å². The molecular weight excluding hydrogens is 341 g/mol. The molecule has 1 atom stereocenters. The maximum atomic E-state index is 12.0. The molecule has 0 aliphatic rings. The van der Waals surface area contributed by atoms with E-state index in [0.29, 0.717) is 13.0 Å². The molecule has 0 fully saturated rings. The van der Waals surface area contributed by atoms with E-state index in [-0.39, 0.29) is 17.3 Å². The van der Waals surface area contributed by atoms with Gasteiger partial charge in [0.25, 0.3) is 3.79 Å². The molecule has 1 heterocycles. The average Bonchev–Trinajstić information content (AvgIpc) is 2.86. The number of hydrogen-bond acceptors (Lipinski definition) is 4. The van der Waals surface area contributed by atoms with Crippen molar-refractivity contribution in [3.8, 4) is 0 Å². The first-order chi connectivity index (χ1) is 9.72. The van der Waals surface area contributed by atoms with Crippen molar-refractivity contribution in [3.05, 3.63) is 23.5 Å². The molecule has 0 aliphatic heterocycles. The Bertz CT molecular complexity index is 522. The lowest BCUT2D eigenvalue weighted by Gasteiger charge is -2.16. The quantitative estimate of drug-likeness (QED) is 0.445. The number of alkyl halides is 3. The summed E-state index contributed by atoms with van der Waals surface area (Å²) in [6.45, 7) is 2.39. The average molecular weight is 357 g/mol. The minimum atomic E-state index is -2.07. The highest BCUT2D eigenvalue weighted by Crippen LogP contribution is 2.32. The Kier molecular flexibility index (Phi) is 6.53. The van der Waals surface area contributed by atoms with Gasteiger partial charge in [-0.25, -0.2) is 4.79 Å². The minimum absolute atomic E-state index is 0.0871. The van der Waals surface area contributed by atoms with Gasteiger partial charge in [-0.3, -0.25) is 4.79 Å². The molecule has 1 aromatic heterocycles. The normalized spacial score (nSPS) is 13.0. The molecular formula is C13H16Cl3NO4. The van der Waals surface area contributed by atoms with Gasteiger partial charge in [-0.2, -0.15) is 0 Å². The van der Waals surface area contributed by atoms with E-state index in [0.717, 1.165) is 0 Å². The number of aromatic nitrogens is 1. The summed E-state index contributed by atoms with van der Waals surface area (Å²) in [4.78, 5) is 23.8. The Morgan fingerprint density at radius 3 is 2.43 bits per heavy atom. The monoisotopic (exact) mass is 355 g/mol. The summed E-state index contributed by atoms with van der Waals surface area (Å²) in [5, 5.41) is 0. The van der Waals surface area contributed by atoms with E-state index in [1.165, 1.54) is 19.4 Å². The van der Waals surface area contributed by atoms with Crippen LogP contribution < -0.4 is 0 Å². The Morgan fingerprint density at radius 2 is 1.95 bits per heavy atom. The highest BCUT2D eigenvalue weighted by atomic mass is 35.6. The highest BCUT2D eigenvalue weighted by Gasteiger charge is 2.33. The lowest BCUT2D eigenvalue weighted by atomic mass is 10.2. The topological polar surface area (TPSA) is 57.5 Å². The van der Waals surface area contributed by atoms with Crippen LogP contribution in [0.1, 0.15) is 40.2 Å². The Balaban J connectivity index is 3.19. The standard InChI is InChI=1S/C13H16Cl3NO4/c1-8(4-5-20-2)17-7-9(11(18)13(14,15)16)6-10(17)12(19)21-3/h6-8H,4-5H2,1-3H3. The zero-order valence-corrected chi connectivity index (χ0v) is 14.1. The molecule has 21 heavy (non-hydrogen) atoms. The number of hydrogen-bond donors (Lipinski definition) is 0. The lowest BCUT2D eigenvalue weighted by Crippen LogP contribution is -2.18. The predicted octanol–water partition coefficient (Wildman–Crippen LogP) is 3.43. The number of methoxy groups -OCH3 is 2. The van der Waals surface area contributed by atoms with Crippen LogP contribution in [0.2, 0.25) is 0 Å². The molecule has 8 heteroatoms. The van der Waals surface area contributed by atoms with Crippen LogP contribution in [0, 0.1) is 0 Å². The summed E-state index contributed by atoms with van der Waals surface area (Å²) in [5.74, 6) is -1.27. The summed E-state index contributed by atoms with van der Waals surface area (Å²) >= 11 is 16.8. The van der Waals surface area contributed by atoms with Crippen molar-refractivity contribution in [2.75, 3.05) is 20.8 Å². The van der Waals surface area contributed by atoms with Gasteiger partial charge in [0.05, 0.1) is 7.11 Å². The van der Waals surface area contributed by atoms with E-state index < -0.39 is 15.5 Å². The number of carbonyl (C=O) groups is 2. The Hall–Kier alpha value is -0.750. The van der Waals surface area contributed by atoms with Crippen molar-refractivity contribution < 1.29 is 19.1 Å². The van der Waals surface area contributed by atoms with Crippen LogP contribution in [0.5, 0.6) is 0 Å². The fourth-order valence-corrected chi connectivity index (χ4v) is 2.15. The van der Waals surface area contributed by atoms with Crippen LogP contribution in [0.4, 0.5) is 0 Å². The molecule has 5 nitrogen and oxygen atoms in total. The predicted molar refractivity (Wildman–Crippen MR) is 81.6 cm³/mol. The molecule has 0 aromatic carbocycles. The van der Waals surface area contributed by atoms with Crippen molar-refractivity contribution in [1.82, 2.24) is 4.57 Å². The van der Waals surface area contributed by atoms with Gasteiger partial charge in [-0.05, 0) is 19.4 Å². The third-order valence-electron chi connectivity index (χ3n) is 2.98. The summed E-state index contributed by atoms with van der Waals surface area (Å²) in [5.41, 5.74) is 0.360. The summed E-state index contributed by atoms with van der Waals surface area (Å²) < 4.78 is 9.26. The second-order valence-corrected chi connectivity index (χ2v) is 6.75. The molecule has 0 saturated heterocycles. The van der Waals surface area contributed by atoms with Gasteiger partial charge >= 0.3 is 5.97 Å². The number of ether oxygens (including phenoxy) is 2. The molecule has 0 saturated carbocycles. The van der Waals surface area contributed by atoms with Gasteiger partial charge < -0.3 is 14.0 Å². The number of ketones is 1. The van der Waals surface area contributed by atoms with Crippen LogP contribution in [-0.2, 0) is 9.47 Å². The molecule has 0 aliphatic carbocycles. The first-order valence-electron chi connectivity index (χ1n) is 6.13. The van der Waals surface area contributed by atoms with Crippen molar-refractivity contribution in [2.24, 2.45) is 0 Å². The molecule has 1 aromatic rings. The number of nitrogens with zero attached hydrogens (tertiary/aromatic N) is 1. The Morgan fingerprint density at radius 1 is 1.33 bits per heavy atom. The van der Waals surface area contributed by atoms with E-state index in [1.807, 2.05) is 6.92 Å². The first kappa shape index (κ1) is 18.3. The smallest absolute Gasteiger partial charge is 0.354 e. The molecule has 1 unspecified atom stereocenters. The maximum absolute atomic E-state index is 12.0. The van der Waals surface area contributed by atoms with Gasteiger partial charge in [0, 0.05) is 31.5 Å². The van der Waals surface area contributed by atoms with Gasteiger partial charge in [0.15, 0.2) is 0 Å². The molecule has 0 bridgehead atoms. The fraction of sp³-hybridized carbons (Fsp3) is 0.538. The SMILES string of the molecule is COCCC(C)n1cc(C(=O)C(Cl)(Cl)Cl)cc1C(=O)OC. The van der Waals surface area contributed by atoms with Gasteiger partial charge in [0.2, 0.25) is 5.78 Å². The molecule has 1 rings (SSSR count). The van der Waals surface area contributed by atoms with Crippen molar-refractivity contribution in [1.29, 1.82) is 0 Å².